The molecule has 1 aromatic carbocycles. The van der Waals surface area contributed by atoms with Crippen molar-refractivity contribution in [2.45, 2.75) is 96.8 Å². The normalized spacial score (nSPS) is 26.7. The van der Waals surface area contributed by atoms with Gasteiger partial charge in [-0.2, -0.15) is 4.39 Å². The molecule has 0 saturated heterocycles. The summed E-state index contributed by atoms with van der Waals surface area (Å²) in [7, 11) is 0. The van der Waals surface area contributed by atoms with Crippen LogP contribution in [0.4, 0.5) is 8.78 Å². The number of ether oxygens (including phenoxy) is 1. The summed E-state index contributed by atoms with van der Waals surface area (Å²) >= 11 is 0. The van der Waals surface area contributed by atoms with Crippen LogP contribution in [-0.2, 0) is 0 Å². The van der Waals surface area contributed by atoms with Crippen LogP contribution in [-0.4, -0.2) is 6.61 Å². The number of hydrogen-bond acceptors (Lipinski definition) is 1. The molecule has 1 aromatic rings. The van der Waals surface area contributed by atoms with Crippen LogP contribution in [0.3, 0.4) is 0 Å². The first kappa shape index (κ1) is 23.3. The van der Waals surface area contributed by atoms with Gasteiger partial charge in [-0.25, -0.2) is 4.39 Å². The van der Waals surface area contributed by atoms with Gasteiger partial charge in [0.25, 0.3) is 0 Å². The van der Waals surface area contributed by atoms with Gasteiger partial charge in [0.2, 0.25) is 5.82 Å². The van der Waals surface area contributed by atoms with Crippen molar-refractivity contribution in [2.24, 2.45) is 17.8 Å². The molecule has 1 nitrogen and oxygen atoms in total. The average Bonchev–Trinajstić information content (AvgIpc) is 2.77. The van der Waals surface area contributed by atoms with E-state index in [-0.39, 0.29) is 11.7 Å². The Morgan fingerprint density at radius 1 is 0.800 bits per heavy atom. The molecule has 168 valence electrons. The quantitative estimate of drug-likeness (QED) is 0.273. The lowest BCUT2D eigenvalue weighted by Crippen LogP contribution is -2.17. The first-order valence-electron chi connectivity index (χ1n) is 12.4. The van der Waals surface area contributed by atoms with Gasteiger partial charge < -0.3 is 4.74 Å². The highest BCUT2D eigenvalue weighted by Crippen LogP contribution is 2.40. The zero-order valence-electron chi connectivity index (χ0n) is 19.0. The molecule has 0 heterocycles. The van der Waals surface area contributed by atoms with Crippen molar-refractivity contribution in [1.29, 1.82) is 0 Å². The third-order valence-electron chi connectivity index (χ3n) is 7.26. The van der Waals surface area contributed by atoms with Crippen molar-refractivity contribution in [3.8, 4) is 5.75 Å². The molecule has 1 fully saturated rings. The van der Waals surface area contributed by atoms with Crippen molar-refractivity contribution < 1.29 is 13.5 Å². The summed E-state index contributed by atoms with van der Waals surface area (Å²) in [5, 5.41) is 0. The molecule has 0 bridgehead atoms. The number of allylic oxidation sites excluding steroid dienone is 1. The molecule has 0 aliphatic heterocycles. The van der Waals surface area contributed by atoms with Crippen molar-refractivity contribution in [2.75, 3.05) is 6.61 Å². The summed E-state index contributed by atoms with van der Waals surface area (Å²) in [6.45, 7) is 4.87. The van der Waals surface area contributed by atoms with Crippen molar-refractivity contribution in [3.63, 3.8) is 0 Å². The van der Waals surface area contributed by atoms with E-state index in [2.05, 4.69) is 26.0 Å². The molecule has 1 saturated carbocycles. The summed E-state index contributed by atoms with van der Waals surface area (Å²) < 4.78 is 35.2. The van der Waals surface area contributed by atoms with Gasteiger partial charge in [-0.3, -0.25) is 0 Å². The molecule has 0 spiro atoms. The predicted molar refractivity (Wildman–Crippen MR) is 121 cm³/mol. The Balaban J connectivity index is 1.51. The summed E-state index contributed by atoms with van der Waals surface area (Å²) in [6, 6.07) is 3.41. The first-order chi connectivity index (χ1) is 14.6. The highest BCUT2D eigenvalue weighted by Gasteiger charge is 2.27. The van der Waals surface area contributed by atoms with Crippen LogP contribution in [0.5, 0.6) is 5.75 Å². The van der Waals surface area contributed by atoms with Crippen molar-refractivity contribution >= 4 is 0 Å². The number of unbranched alkanes of at least 4 members (excludes halogenated alkanes) is 2. The van der Waals surface area contributed by atoms with Gasteiger partial charge in [0.1, 0.15) is 0 Å². The minimum Gasteiger partial charge on any atom is -0.490 e. The van der Waals surface area contributed by atoms with Crippen LogP contribution in [0, 0.1) is 29.4 Å². The molecule has 0 aromatic heterocycles. The average molecular weight is 419 g/mol. The number of halogens is 2. The van der Waals surface area contributed by atoms with Gasteiger partial charge in [-0.1, -0.05) is 64.2 Å². The third kappa shape index (κ3) is 6.31. The van der Waals surface area contributed by atoms with E-state index in [0.29, 0.717) is 24.0 Å². The standard InChI is InChI=1S/C27H40F2O/c1-3-5-6-8-21-13-15-23(16-14-21)24-17-18-25(27(29)26(24)28)30-19-22-11-9-20(7-4-2)10-12-22/h9,11,17-18,20-23H,3-8,10,12-16,19H2,1-2H3. The minimum atomic E-state index is -0.804. The Morgan fingerprint density at radius 2 is 1.53 bits per heavy atom. The van der Waals surface area contributed by atoms with E-state index >= 15 is 0 Å². The molecule has 3 heteroatoms. The lowest BCUT2D eigenvalue weighted by Gasteiger charge is -2.29. The summed E-state index contributed by atoms with van der Waals surface area (Å²) in [5.41, 5.74) is 0.548. The van der Waals surface area contributed by atoms with Crippen LogP contribution in [0.15, 0.2) is 24.3 Å². The van der Waals surface area contributed by atoms with Gasteiger partial charge in [0.15, 0.2) is 11.6 Å². The first-order valence-corrected chi connectivity index (χ1v) is 12.4. The fourth-order valence-corrected chi connectivity index (χ4v) is 5.30. The lowest BCUT2D eigenvalue weighted by atomic mass is 9.77. The lowest BCUT2D eigenvalue weighted by molar-refractivity contribution is 0.240. The molecule has 0 amide bonds. The van der Waals surface area contributed by atoms with Crippen LogP contribution in [0.25, 0.3) is 0 Å². The fourth-order valence-electron chi connectivity index (χ4n) is 5.30. The molecule has 2 unspecified atom stereocenters. The van der Waals surface area contributed by atoms with E-state index < -0.39 is 11.6 Å². The highest BCUT2D eigenvalue weighted by molar-refractivity contribution is 5.33. The Labute approximate surface area is 182 Å². The van der Waals surface area contributed by atoms with E-state index in [1.54, 1.807) is 12.1 Å². The maximum Gasteiger partial charge on any atom is 0.200 e. The van der Waals surface area contributed by atoms with Crippen LogP contribution < -0.4 is 4.74 Å². The van der Waals surface area contributed by atoms with Crippen LogP contribution in [0.1, 0.15) is 102 Å². The third-order valence-corrected chi connectivity index (χ3v) is 7.26. The number of hydrogen-bond donors (Lipinski definition) is 0. The maximum absolute atomic E-state index is 14.8. The molecule has 2 aliphatic carbocycles. The largest absolute Gasteiger partial charge is 0.490 e. The number of rotatable bonds is 10. The van der Waals surface area contributed by atoms with E-state index in [4.69, 9.17) is 4.74 Å². The molecule has 30 heavy (non-hydrogen) atoms. The van der Waals surface area contributed by atoms with Gasteiger partial charge in [-0.15, -0.1) is 0 Å². The SMILES string of the molecule is CCCCCC1CCC(c2ccc(OCC3C=CC(CCC)CC3)c(F)c2F)CC1. The molecular weight excluding hydrogens is 378 g/mol. The Morgan fingerprint density at radius 3 is 2.20 bits per heavy atom. The van der Waals surface area contributed by atoms with Gasteiger partial charge in [-0.05, 0) is 74.3 Å². The monoisotopic (exact) mass is 418 g/mol. The molecule has 0 N–H and O–H groups in total. The summed E-state index contributed by atoms with van der Waals surface area (Å²) in [4.78, 5) is 0. The zero-order chi connectivity index (χ0) is 21.3. The molecule has 3 rings (SSSR count). The van der Waals surface area contributed by atoms with E-state index in [1.165, 1.54) is 38.5 Å². The topological polar surface area (TPSA) is 9.23 Å². The minimum absolute atomic E-state index is 0.0635. The number of benzene rings is 1. The molecule has 0 radical (unpaired) electrons. The second kappa shape index (κ2) is 11.9. The van der Waals surface area contributed by atoms with Gasteiger partial charge in [0, 0.05) is 5.92 Å². The fraction of sp³-hybridized carbons (Fsp3) is 0.704. The second-order valence-electron chi connectivity index (χ2n) is 9.58. The summed E-state index contributed by atoms with van der Waals surface area (Å²) in [6.07, 6.45) is 18.5. The van der Waals surface area contributed by atoms with Crippen molar-refractivity contribution in [3.05, 3.63) is 41.5 Å². The van der Waals surface area contributed by atoms with Crippen molar-refractivity contribution in [1.82, 2.24) is 0 Å². The molecule has 2 atom stereocenters. The van der Waals surface area contributed by atoms with Gasteiger partial charge >= 0.3 is 0 Å². The zero-order valence-corrected chi connectivity index (χ0v) is 19.0. The molecular formula is C27H40F2O. The second-order valence-corrected chi connectivity index (χ2v) is 9.58. The maximum atomic E-state index is 14.8. The van der Waals surface area contributed by atoms with Crippen LogP contribution in [0.2, 0.25) is 0 Å². The summed E-state index contributed by atoms with van der Waals surface area (Å²) in [5.74, 6) is 0.445. The van der Waals surface area contributed by atoms with E-state index in [0.717, 1.165) is 44.4 Å². The smallest absolute Gasteiger partial charge is 0.200 e. The Kier molecular flexibility index (Phi) is 9.21. The Bertz CT molecular complexity index is 676. The molecule has 2 aliphatic rings. The Hall–Kier alpha value is -1.38. The van der Waals surface area contributed by atoms with E-state index in [1.807, 2.05) is 0 Å². The van der Waals surface area contributed by atoms with Crippen LogP contribution >= 0.6 is 0 Å². The van der Waals surface area contributed by atoms with E-state index in [9.17, 15) is 8.78 Å². The predicted octanol–water partition coefficient (Wildman–Crippen LogP) is 8.58. The van der Waals surface area contributed by atoms with Gasteiger partial charge in [0.05, 0.1) is 6.61 Å². The highest BCUT2D eigenvalue weighted by atomic mass is 19.2.